The van der Waals surface area contributed by atoms with Crippen LogP contribution in [0.4, 0.5) is 0 Å². The zero-order valence-corrected chi connectivity index (χ0v) is 15.8. The van der Waals surface area contributed by atoms with E-state index in [-0.39, 0.29) is 0 Å². The molecule has 0 aliphatic heterocycles. The molecule has 0 saturated carbocycles. The molecule has 5 rings (SSSR count). The van der Waals surface area contributed by atoms with Crippen LogP contribution in [0.5, 0.6) is 0 Å². The molecule has 0 bridgehead atoms. The van der Waals surface area contributed by atoms with Crippen LogP contribution in [-0.2, 0) is 5.54 Å². The van der Waals surface area contributed by atoms with Gasteiger partial charge in [0.25, 0.3) is 0 Å². The maximum absolute atomic E-state index is 6.60. The molecule has 1 atom stereocenters. The van der Waals surface area contributed by atoms with Crippen molar-refractivity contribution in [1.29, 1.82) is 0 Å². The molecule has 0 saturated heterocycles. The summed E-state index contributed by atoms with van der Waals surface area (Å²) in [5, 5.41) is 9.40. The first-order valence-electron chi connectivity index (χ1n) is 9.18. The average molecular weight is 382 g/mol. The highest BCUT2D eigenvalue weighted by Gasteiger charge is 2.32. The zero-order chi connectivity index (χ0) is 20.0. The lowest BCUT2D eigenvalue weighted by Crippen LogP contribution is -2.37. The summed E-state index contributed by atoms with van der Waals surface area (Å²) in [6.07, 6.45) is 11.3. The largest absolute Gasteiger partial charge is 0.402 e. The number of hydrogen-bond donors (Lipinski definition) is 2. The van der Waals surface area contributed by atoms with Crippen molar-refractivity contribution >= 4 is 16.6 Å². The Labute approximate surface area is 166 Å². The van der Waals surface area contributed by atoms with Crippen molar-refractivity contribution in [2.45, 2.75) is 18.9 Å². The SMILES string of the molecule is Cc1ccc2c(C3(N)C=CC=C(N)C3)noc2c1C#Cc1cnn2cccnc12. The second-order valence-electron chi connectivity index (χ2n) is 7.18. The maximum Gasteiger partial charge on any atom is 0.183 e. The third kappa shape index (κ3) is 2.78. The van der Waals surface area contributed by atoms with Gasteiger partial charge in [0.05, 0.1) is 22.9 Å². The summed E-state index contributed by atoms with van der Waals surface area (Å²) >= 11 is 0. The minimum absolute atomic E-state index is 0.480. The van der Waals surface area contributed by atoms with E-state index in [1.165, 1.54) is 0 Å². The van der Waals surface area contributed by atoms with Crippen LogP contribution >= 0.6 is 0 Å². The third-order valence-corrected chi connectivity index (χ3v) is 5.09. The molecule has 4 N–H and O–H groups in total. The molecular weight excluding hydrogens is 364 g/mol. The summed E-state index contributed by atoms with van der Waals surface area (Å²) < 4.78 is 7.40. The van der Waals surface area contributed by atoms with E-state index in [2.05, 4.69) is 27.1 Å². The van der Waals surface area contributed by atoms with E-state index in [1.54, 1.807) is 16.9 Å². The van der Waals surface area contributed by atoms with Crippen LogP contribution in [0.25, 0.3) is 16.6 Å². The lowest BCUT2D eigenvalue weighted by atomic mass is 9.85. The van der Waals surface area contributed by atoms with Gasteiger partial charge in [0.1, 0.15) is 5.69 Å². The Balaban J connectivity index is 1.63. The zero-order valence-electron chi connectivity index (χ0n) is 15.8. The highest BCUT2D eigenvalue weighted by molar-refractivity contribution is 5.87. The molecule has 0 amide bonds. The van der Waals surface area contributed by atoms with Gasteiger partial charge in [0.15, 0.2) is 11.2 Å². The lowest BCUT2D eigenvalue weighted by Gasteiger charge is -2.26. The molecular formula is C22H18N6O. The molecule has 29 heavy (non-hydrogen) atoms. The Kier molecular flexibility index (Phi) is 3.76. The predicted octanol–water partition coefficient (Wildman–Crippen LogP) is 2.54. The summed E-state index contributed by atoms with van der Waals surface area (Å²) in [6.45, 7) is 1.99. The predicted molar refractivity (Wildman–Crippen MR) is 110 cm³/mol. The number of nitrogens with zero attached hydrogens (tertiary/aromatic N) is 4. The van der Waals surface area contributed by atoms with Gasteiger partial charge in [-0.2, -0.15) is 5.10 Å². The molecule has 0 radical (unpaired) electrons. The average Bonchev–Trinajstić information content (AvgIpc) is 3.32. The second-order valence-corrected chi connectivity index (χ2v) is 7.18. The molecule has 1 aromatic carbocycles. The summed E-state index contributed by atoms with van der Waals surface area (Å²) in [7, 11) is 0. The molecule has 4 aromatic rings. The fraction of sp³-hybridized carbons (Fsp3) is 0.136. The van der Waals surface area contributed by atoms with Crippen LogP contribution in [0.2, 0.25) is 0 Å². The number of rotatable bonds is 1. The van der Waals surface area contributed by atoms with E-state index in [0.717, 1.165) is 22.1 Å². The van der Waals surface area contributed by atoms with Gasteiger partial charge in [-0.25, -0.2) is 9.50 Å². The number of benzene rings is 1. The molecule has 1 aliphatic carbocycles. The van der Waals surface area contributed by atoms with Gasteiger partial charge in [-0.15, -0.1) is 0 Å². The number of hydrogen-bond acceptors (Lipinski definition) is 6. The number of aryl methyl sites for hydroxylation is 1. The van der Waals surface area contributed by atoms with Crippen LogP contribution < -0.4 is 11.5 Å². The van der Waals surface area contributed by atoms with Crippen LogP contribution in [0, 0.1) is 18.8 Å². The van der Waals surface area contributed by atoms with E-state index < -0.39 is 5.54 Å². The van der Waals surface area contributed by atoms with Crippen LogP contribution in [-0.4, -0.2) is 19.8 Å². The van der Waals surface area contributed by atoms with Crippen molar-refractivity contribution in [3.8, 4) is 11.8 Å². The molecule has 7 heteroatoms. The van der Waals surface area contributed by atoms with Gasteiger partial charge < -0.3 is 16.0 Å². The molecule has 1 unspecified atom stereocenters. The standard InChI is InChI=1S/C22H18N6O/c1-14-5-7-18-19(29-27-20(18)22(24)9-2-4-16(23)12-22)17(14)8-6-15-13-26-28-11-3-10-25-21(15)28/h2-5,7,9-11,13H,12,23-24H2,1H3. The first-order valence-corrected chi connectivity index (χ1v) is 9.18. The molecule has 0 spiro atoms. The van der Waals surface area contributed by atoms with Crippen molar-refractivity contribution < 1.29 is 4.52 Å². The van der Waals surface area contributed by atoms with Crippen LogP contribution in [0.1, 0.15) is 28.8 Å². The Morgan fingerprint density at radius 3 is 3.03 bits per heavy atom. The van der Waals surface area contributed by atoms with Gasteiger partial charge in [-0.3, -0.25) is 0 Å². The fourth-order valence-electron chi connectivity index (χ4n) is 3.60. The van der Waals surface area contributed by atoms with E-state index in [1.807, 2.05) is 49.5 Å². The summed E-state index contributed by atoms with van der Waals surface area (Å²) in [6, 6.07) is 5.79. The Morgan fingerprint density at radius 1 is 1.28 bits per heavy atom. The first kappa shape index (κ1) is 17.2. The Morgan fingerprint density at radius 2 is 2.17 bits per heavy atom. The van der Waals surface area contributed by atoms with Gasteiger partial charge in [-0.05, 0) is 30.7 Å². The lowest BCUT2D eigenvalue weighted by molar-refractivity contribution is 0.413. The highest BCUT2D eigenvalue weighted by atomic mass is 16.5. The highest BCUT2D eigenvalue weighted by Crippen LogP contribution is 2.35. The Hall–Kier alpha value is -3.89. The molecule has 0 fully saturated rings. The normalized spacial score (nSPS) is 18.6. The number of aromatic nitrogens is 4. The summed E-state index contributed by atoms with van der Waals surface area (Å²) in [4.78, 5) is 4.34. The van der Waals surface area contributed by atoms with E-state index >= 15 is 0 Å². The van der Waals surface area contributed by atoms with Crippen molar-refractivity contribution in [2.24, 2.45) is 11.5 Å². The van der Waals surface area contributed by atoms with Crippen molar-refractivity contribution in [3.63, 3.8) is 0 Å². The minimum atomic E-state index is -0.809. The van der Waals surface area contributed by atoms with Gasteiger partial charge >= 0.3 is 0 Å². The molecule has 3 heterocycles. The second kappa shape index (κ2) is 6.33. The molecule has 142 valence electrons. The van der Waals surface area contributed by atoms with E-state index in [9.17, 15) is 0 Å². The number of allylic oxidation sites excluding steroid dienone is 2. The van der Waals surface area contributed by atoms with Crippen LogP contribution in [0.15, 0.2) is 65.2 Å². The topological polar surface area (TPSA) is 108 Å². The van der Waals surface area contributed by atoms with Gasteiger partial charge in [0, 0.05) is 29.9 Å². The monoisotopic (exact) mass is 382 g/mol. The van der Waals surface area contributed by atoms with Gasteiger partial charge in [-0.1, -0.05) is 35.2 Å². The summed E-state index contributed by atoms with van der Waals surface area (Å²) in [5.41, 5.74) is 17.0. The van der Waals surface area contributed by atoms with Crippen molar-refractivity contribution in [1.82, 2.24) is 19.8 Å². The van der Waals surface area contributed by atoms with Crippen molar-refractivity contribution in [2.75, 3.05) is 0 Å². The maximum atomic E-state index is 6.60. The molecule has 3 aromatic heterocycles. The van der Waals surface area contributed by atoms with Crippen LogP contribution in [0.3, 0.4) is 0 Å². The van der Waals surface area contributed by atoms with E-state index in [4.69, 9.17) is 16.0 Å². The van der Waals surface area contributed by atoms with Gasteiger partial charge in [0.2, 0.25) is 0 Å². The fourth-order valence-corrected chi connectivity index (χ4v) is 3.60. The molecule has 7 nitrogen and oxygen atoms in total. The minimum Gasteiger partial charge on any atom is -0.402 e. The smallest absolute Gasteiger partial charge is 0.183 e. The third-order valence-electron chi connectivity index (χ3n) is 5.09. The number of nitrogens with two attached hydrogens (primary N) is 2. The molecule has 1 aliphatic rings. The quantitative estimate of drug-likeness (QED) is 0.490. The first-order chi connectivity index (χ1) is 14.0. The Bertz CT molecular complexity index is 1380. The van der Waals surface area contributed by atoms with E-state index in [0.29, 0.717) is 29.0 Å². The summed E-state index contributed by atoms with van der Waals surface area (Å²) in [5.74, 6) is 6.38. The van der Waals surface area contributed by atoms with Crippen molar-refractivity contribution in [3.05, 3.63) is 83.1 Å². The number of fused-ring (bicyclic) bond motifs is 2.